The molecule has 7 heteroatoms. The van der Waals surface area contributed by atoms with Crippen molar-refractivity contribution in [2.45, 2.75) is 45.7 Å². The number of carbonyl (C=O) groups excluding carboxylic acids is 1. The van der Waals surface area contributed by atoms with Gasteiger partial charge in [0.05, 0.1) is 6.54 Å². The van der Waals surface area contributed by atoms with Crippen molar-refractivity contribution in [1.82, 2.24) is 15.2 Å². The molecule has 1 aromatic carbocycles. The molecule has 1 heterocycles. The highest BCUT2D eigenvalue weighted by Gasteiger charge is 2.22. The average Bonchev–Trinajstić information content (AvgIpc) is 3.40. The minimum atomic E-state index is 0. The molecule has 2 aromatic rings. The minimum Gasteiger partial charge on any atom is -0.357 e. The maximum atomic E-state index is 12.3. The molecule has 1 aromatic heterocycles. The summed E-state index contributed by atoms with van der Waals surface area (Å²) in [6.07, 6.45) is 8.45. The number of benzene rings is 1. The van der Waals surface area contributed by atoms with E-state index in [1.54, 1.807) is 0 Å². The van der Waals surface area contributed by atoms with E-state index in [0.717, 1.165) is 62.5 Å². The van der Waals surface area contributed by atoms with Gasteiger partial charge in [0, 0.05) is 43.6 Å². The molecule has 0 unspecified atom stereocenters. The van der Waals surface area contributed by atoms with E-state index in [2.05, 4.69) is 44.8 Å². The monoisotopic (exact) mass is 509 g/mol. The Hall–Kier alpha value is -2.03. The summed E-state index contributed by atoms with van der Waals surface area (Å²) in [5.74, 6) is 1.12. The van der Waals surface area contributed by atoms with Crippen LogP contribution < -0.4 is 16.0 Å². The number of halogens is 1. The molecule has 0 spiro atoms. The van der Waals surface area contributed by atoms with Gasteiger partial charge in [0.2, 0.25) is 5.91 Å². The van der Waals surface area contributed by atoms with E-state index >= 15 is 0 Å². The second-order valence-corrected chi connectivity index (χ2v) is 7.21. The predicted octanol–water partition coefficient (Wildman–Crippen LogP) is 3.99. The van der Waals surface area contributed by atoms with Crippen LogP contribution in [0, 0.1) is 5.92 Å². The third kappa shape index (κ3) is 7.72. The number of rotatable bonds is 8. The fourth-order valence-corrected chi connectivity index (χ4v) is 3.51. The first-order chi connectivity index (χ1) is 13.7. The lowest BCUT2D eigenvalue weighted by atomic mass is 10.1. The van der Waals surface area contributed by atoms with Crippen LogP contribution in [0.2, 0.25) is 0 Å². The molecular formula is C22H32IN5O. The zero-order valence-electron chi connectivity index (χ0n) is 17.1. The maximum Gasteiger partial charge on any atom is 0.227 e. The summed E-state index contributed by atoms with van der Waals surface area (Å²) < 4.78 is 2.13. The Morgan fingerprint density at radius 1 is 1.14 bits per heavy atom. The van der Waals surface area contributed by atoms with Gasteiger partial charge in [0.1, 0.15) is 0 Å². The van der Waals surface area contributed by atoms with Crippen molar-refractivity contribution in [1.29, 1.82) is 0 Å². The summed E-state index contributed by atoms with van der Waals surface area (Å²) in [7, 11) is 0. The minimum absolute atomic E-state index is 0. The molecular weight excluding hydrogens is 477 g/mol. The van der Waals surface area contributed by atoms with Crippen LogP contribution in [0.15, 0.2) is 53.8 Å². The zero-order valence-corrected chi connectivity index (χ0v) is 19.4. The number of aliphatic imine (C=N–C) groups is 1. The van der Waals surface area contributed by atoms with Gasteiger partial charge in [-0.3, -0.25) is 4.79 Å². The Morgan fingerprint density at radius 2 is 1.90 bits per heavy atom. The van der Waals surface area contributed by atoms with Gasteiger partial charge in [0.25, 0.3) is 0 Å². The molecule has 3 rings (SSSR count). The number of hydrogen-bond acceptors (Lipinski definition) is 2. The highest BCUT2D eigenvalue weighted by atomic mass is 127. The van der Waals surface area contributed by atoms with E-state index < -0.39 is 0 Å². The number of hydrogen-bond donors (Lipinski definition) is 3. The molecule has 0 bridgehead atoms. The van der Waals surface area contributed by atoms with Crippen LogP contribution >= 0.6 is 24.0 Å². The molecule has 158 valence electrons. The first kappa shape index (κ1) is 23.3. The number of nitrogens with one attached hydrogen (secondary N) is 3. The molecule has 6 nitrogen and oxygen atoms in total. The highest BCUT2D eigenvalue weighted by Crippen LogP contribution is 2.26. The van der Waals surface area contributed by atoms with E-state index in [-0.39, 0.29) is 35.8 Å². The fourth-order valence-electron chi connectivity index (χ4n) is 3.51. The Balaban J connectivity index is 0.00000300. The van der Waals surface area contributed by atoms with Crippen LogP contribution in [-0.4, -0.2) is 29.5 Å². The molecule has 1 amide bonds. The Bertz CT molecular complexity index is 769. The van der Waals surface area contributed by atoms with Gasteiger partial charge in [0.15, 0.2) is 5.96 Å². The Morgan fingerprint density at radius 3 is 2.62 bits per heavy atom. The summed E-state index contributed by atoms with van der Waals surface area (Å²) in [5.41, 5.74) is 1.93. The molecule has 1 aliphatic carbocycles. The lowest BCUT2D eigenvalue weighted by molar-refractivity contribution is -0.119. The second-order valence-electron chi connectivity index (χ2n) is 7.21. The number of guanidine groups is 1. The van der Waals surface area contributed by atoms with Crippen molar-refractivity contribution in [2.75, 3.05) is 18.4 Å². The van der Waals surface area contributed by atoms with E-state index in [1.165, 1.54) is 0 Å². The van der Waals surface area contributed by atoms with Crippen LogP contribution in [0.25, 0.3) is 0 Å². The lowest BCUT2D eigenvalue weighted by Gasteiger charge is -2.13. The van der Waals surface area contributed by atoms with Crippen LogP contribution in [-0.2, 0) is 17.9 Å². The normalized spacial score (nSPS) is 14.3. The fraction of sp³-hybridized carbons (Fsp3) is 0.455. The van der Waals surface area contributed by atoms with Crippen LogP contribution in [0.5, 0.6) is 0 Å². The third-order valence-electron chi connectivity index (χ3n) is 5.01. The average molecular weight is 509 g/mol. The van der Waals surface area contributed by atoms with Crippen molar-refractivity contribution in [3.05, 3.63) is 54.4 Å². The zero-order chi connectivity index (χ0) is 19.6. The molecule has 3 N–H and O–H groups in total. The van der Waals surface area contributed by atoms with Gasteiger partial charge in [-0.1, -0.05) is 25.0 Å². The first-order valence-corrected chi connectivity index (χ1v) is 10.3. The van der Waals surface area contributed by atoms with Crippen molar-refractivity contribution in [3.63, 3.8) is 0 Å². The standard InChI is InChI=1S/C22H31N5O.HI/c1-2-23-22(24-12-15-27-13-5-6-14-27)25-17-18-8-7-11-20(16-18)26-21(28)19-9-3-4-10-19;/h5-8,11,13-14,16,19H,2-4,9-10,12,15,17H2,1H3,(H,26,28)(H2,23,24,25);1H. The van der Waals surface area contributed by atoms with Crippen molar-refractivity contribution >= 4 is 41.5 Å². The van der Waals surface area contributed by atoms with Gasteiger partial charge in [-0.05, 0) is 49.6 Å². The smallest absolute Gasteiger partial charge is 0.227 e. The third-order valence-corrected chi connectivity index (χ3v) is 5.01. The molecule has 0 saturated heterocycles. The van der Waals surface area contributed by atoms with E-state index in [4.69, 9.17) is 0 Å². The van der Waals surface area contributed by atoms with Crippen LogP contribution in [0.1, 0.15) is 38.2 Å². The molecule has 1 saturated carbocycles. The van der Waals surface area contributed by atoms with E-state index in [1.807, 2.05) is 36.4 Å². The first-order valence-electron chi connectivity index (χ1n) is 10.3. The van der Waals surface area contributed by atoms with Gasteiger partial charge >= 0.3 is 0 Å². The molecule has 29 heavy (non-hydrogen) atoms. The van der Waals surface area contributed by atoms with E-state index in [9.17, 15) is 4.79 Å². The topological polar surface area (TPSA) is 70.4 Å². The summed E-state index contributed by atoms with van der Waals surface area (Å²) in [4.78, 5) is 17.0. The Kier molecular flexibility index (Phi) is 10.0. The number of anilines is 1. The van der Waals surface area contributed by atoms with Gasteiger partial charge < -0.3 is 20.5 Å². The number of nitrogens with zero attached hydrogens (tertiary/aromatic N) is 2. The number of carbonyl (C=O) groups is 1. The van der Waals surface area contributed by atoms with E-state index in [0.29, 0.717) is 6.54 Å². The molecule has 0 radical (unpaired) electrons. The molecule has 0 aliphatic heterocycles. The summed E-state index contributed by atoms with van der Waals surface area (Å²) in [5, 5.41) is 9.70. The summed E-state index contributed by atoms with van der Waals surface area (Å²) in [6, 6.07) is 12.0. The summed E-state index contributed by atoms with van der Waals surface area (Å²) in [6.45, 7) is 5.12. The predicted molar refractivity (Wildman–Crippen MR) is 130 cm³/mol. The maximum absolute atomic E-state index is 12.3. The van der Waals surface area contributed by atoms with Gasteiger partial charge in [-0.15, -0.1) is 24.0 Å². The molecule has 0 atom stereocenters. The summed E-state index contributed by atoms with van der Waals surface area (Å²) >= 11 is 0. The number of aromatic nitrogens is 1. The van der Waals surface area contributed by atoms with Crippen molar-refractivity contribution in [3.8, 4) is 0 Å². The van der Waals surface area contributed by atoms with Crippen molar-refractivity contribution < 1.29 is 4.79 Å². The SMILES string of the molecule is CCNC(=NCc1cccc(NC(=O)C2CCCC2)c1)NCCn1cccc1.I. The van der Waals surface area contributed by atoms with Crippen molar-refractivity contribution in [2.24, 2.45) is 10.9 Å². The largest absolute Gasteiger partial charge is 0.357 e. The van der Waals surface area contributed by atoms with Crippen LogP contribution in [0.4, 0.5) is 5.69 Å². The quantitative estimate of drug-likeness (QED) is 0.287. The Labute approximate surface area is 190 Å². The highest BCUT2D eigenvalue weighted by molar-refractivity contribution is 14.0. The van der Waals surface area contributed by atoms with Gasteiger partial charge in [-0.25, -0.2) is 4.99 Å². The lowest BCUT2D eigenvalue weighted by Crippen LogP contribution is -2.38. The van der Waals surface area contributed by atoms with Gasteiger partial charge in [-0.2, -0.15) is 0 Å². The number of amides is 1. The second kappa shape index (κ2) is 12.5. The molecule has 1 aliphatic rings. The molecule has 1 fully saturated rings. The van der Waals surface area contributed by atoms with Crippen LogP contribution in [0.3, 0.4) is 0 Å².